The quantitative estimate of drug-likeness (QED) is 0.273. The number of carboxylic acid groups (broad SMARTS) is 2. The topological polar surface area (TPSA) is 140 Å². The van der Waals surface area contributed by atoms with Crippen molar-refractivity contribution in [2.75, 3.05) is 0 Å². The van der Waals surface area contributed by atoms with Crippen LogP contribution >= 0.6 is 0 Å². The maximum absolute atomic E-state index is 11.7. The highest BCUT2D eigenvalue weighted by Gasteiger charge is 2.24. The fraction of sp³-hybridized carbons (Fsp3) is 0.267. The number of benzene rings is 3. The summed E-state index contributed by atoms with van der Waals surface area (Å²) in [5, 5.41) is 40.7. The minimum Gasteiger partial charge on any atom is -0.507 e. The van der Waals surface area contributed by atoms with Gasteiger partial charge in [0.2, 0.25) is 0 Å². The number of aromatic carboxylic acids is 2. The molecule has 3 rings (SSSR count). The first-order chi connectivity index (χ1) is 17.6. The standard InChI is InChI=1S/C30H32N2O6/c1-29(2,3)21-13-17(27(35)36)11-19(25(21)33)15-31-23-9-7-8-10-24(23)32-16-20-12-18(28(37)38)14-22(26(20)34)30(4,5)6/h7-16,33-34H,1-6H3,(H,35,36)(H,37,38). The molecule has 38 heavy (non-hydrogen) atoms. The predicted molar refractivity (Wildman–Crippen MR) is 148 cm³/mol. The van der Waals surface area contributed by atoms with Crippen molar-refractivity contribution in [3.8, 4) is 11.5 Å². The van der Waals surface area contributed by atoms with Crippen molar-refractivity contribution in [3.05, 3.63) is 81.9 Å². The number of phenolic OH excluding ortho intramolecular Hbond substituents is 2. The molecule has 0 aliphatic heterocycles. The molecule has 0 heterocycles. The van der Waals surface area contributed by atoms with Crippen molar-refractivity contribution >= 4 is 35.7 Å². The number of hydrogen-bond donors (Lipinski definition) is 4. The Morgan fingerprint density at radius 2 is 1.00 bits per heavy atom. The average Bonchev–Trinajstić information content (AvgIpc) is 2.81. The summed E-state index contributed by atoms with van der Waals surface area (Å²) in [6, 6.07) is 12.5. The van der Waals surface area contributed by atoms with Gasteiger partial charge >= 0.3 is 11.9 Å². The van der Waals surface area contributed by atoms with Crippen molar-refractivity contribution in [3.63, 3.8) is 0 Å². The Labute approximate surface area is 221 Å². The maximum atomic E-state index is 11.7. The van der Waals surface area contributed by atoms with Crippen LogP contribution in [-0.4, -0.2) is 44.8 Å². The molecule has 0 unspecified atom stereocenters. The third kappa shape index (κ3) is 6.26. The van der Waals surface area contributed by atoms with Gasteiger partial charge in [-0.05, 0) is 47.2 Å². The molecule has 0 bridgehead atoms. The highest BCUT2D eigenvalue weighted by Crippen LogP contribution is 2.36. The second-order valence-electron chi connectivity index (χ2n) is 11.0. The Kier molecular flexibility index (Phi) is 7.76. The average molecular weight is 517 g/mol. The van der Waals surface area contributed by atoms with Gasteiger partial charge in [0.25, 0.3) is 0 Å². The van der Waals surface area contributed by atoms with E-state index in [-0.39, 0.29) is 33.8 Å². The van der Waals surface area contributed by atoms with Crippen molar-refractivity contribution in [2.45, 2.75) is 52.4 Å². The van der Waals surface area contributed by atoms with Crippen LogP contribution in [0.3, 0.4) is 0 Å². The smallest absolute Gasteiger partial charge is 0.335 e. The van der Waals surface area contributed by atoms with Crippen molar-refractivity contribution < 1.29 is 30.0 Å². The lowest BCUT2D eigenvalue weighted by atomic mass is 9.84. The summed E-state index contributed by atoms with van der Waals surface area (Å²) < 4.78 is 0. The summed E-state index contributed by atoms with van der Waals surface area (Å²) in [6.45, 7) is 11.2. The van der Waals surface area contributed by atoms with Gasteiger partial charge in [0.05, 0.1) is 22.5 Å². The van der Waals surface area contributed by atoms with Crippen molar-refractivity contribution in [1.29, 1.82) is 0 Å². The van der Waals surface area contributed by atoms with Crippen molar-refractivity contribution in [1.82, 2.24) is 0 Å². The summed E-state index contributed by atoms with van der Waals surface area (Å²) in [6.07, 6.45) is 2.76. The lowest BCUT2D eigenvalue weighted by molar-refractivity contribution is 0.0685. The second-order valence-corrected chi connectivity index (χ2v) is 11.0. The molecule has 0 aliphatic rings. The Balaban J connectivity index is 2.07. The first-order valence-corrected chi connectivity index (χ1v) is 12.0. The van der Waals surface area contributed by atoms with E-state index in [9.17, 15) is 30.0 Å². The first kappa shape index (κ1) is 28.1. The van der Waals surface area contributed by atoms with Gasteiger partial charge in [0, 0.05) is 34.7 Å². The lowest BCUT2D eigenvalue weighted by Gasteiger charge is -2.22. The van der Waals surface area contributed by atoms with Crippen molar-refractivity contribution in [2.24, 2.45) is 9.98 Å². The summed E-state index contributed by atoms with van der Waals surface area (Å²) in [4.78, 5) is 32.2. The zero-order chi connectivity index (χ0) is 28.4. The molecular formula is C30H32N2O6. The first-order valence-electron chi connectivity index (χ1n) is 12.0. The predicted octanol–water partition coefficient (Wildman–Crippen LogP) is 6.59. The molecule has 3 aromatic rings. The largest absolute Gasteiger partial charge is 0.507 e. The molecule has 3 aromatic carbocycles. The fourth-order valence-corrected chi connectivity index (χ4v) is 3.86. The number of carbonyl (C=O) groups is 2. The molecule has 4 N–H and O–H groups in total. The normalized spacial score (nSPS) is 12.4. The monoisotopic (exact) mass is 516 g/mol. The summed E-state index contributed by atoms with van der Waals surface area (Å²) in [5.74, 6) is -2.35. The molecular weight excluding hydrogens is 484 g/mol. The van der Waals surface area contributed by atoms with E-state index in [4.69, 9.17) is 0 Å². The highest BCUT2D eigenvalue weighted by molar-refractivity contribution is 5.96. The summed E-state index contributed by atoms with van der Waals surface area (Å²) in [5.41, 5.74) is 1.36. The molecule has 0 aliphatic carbocycles. The van der Waals surface area contributed by atoms with Crippen LogP contribution in [0.2, 0.25) is 0 Å². The van der Waals surface area contributed by atoms with E-state index in [1.54, 1.807) is 24.3 Å². The van der Waals surface area contributed by atoms with Gasteiger partial charge in [-0.1, -0.05) is 53.7 Å². The lowest BCUT2D eigenvalue weighted by Crippen LogP contribution is -2.14. The Morgan fingerprint density at radius 1 is 0.658 bits per heavy atom. The van der Waals surface area contributed by atoms with Crippen LogP contribution in [0, 0.1) is 0 Å². The number of hydrogen-bond acceptors (Lipinski definition) is 6. The van der Waals surface area contributed by atoms with E-state index in [0.717, 1.165) is 0 Å². The van der Waals surface area contributed by atoms with E-state index in [2.05, 4.69) is 9.98 Å². The molecule has 0 amide bonds. The molecule has 198 valence electrons. The van der Waals surface area contributed by atoms with Gasteiger partial charge in [-0.15, -0.1) is 0 Å². The Hall–Kier alpha value is -4.46. The maximum Gasteiger partial charge on any atom is 0.335 e. The van der Waals surface area contributed by atoms with Crippen LogP contribution in [0.25, 0.3) is 0 Å². The van der Waals surface area contributed by atoms with E-state index < -0.39 is 22.8 Å². The molecule has 0 fully saturated rings. The van der Waals surface area contributed by atoms with E-state index in [1.807, 2.05) is 41.5 Å². The molecule has 0 saturated heterocycles. The van der Waals surface area contributed by atoms with Crippen LogP contribution in [0.15, 0.2) is 58.5 Å². The van der Waals surface area contributed by atoms with Crippen LogP contribution < -0.4 is 0 Å². The molecule has 0 radical (unpaired) electrons. The number of aliphatic imine (C=N–C) groups is 2. The van der Waals surface area contributed by atoms with Crippen LogP contribution in [0.5, 0.6) is 11.5 Å². The van der Waals surface area contributed by atoms with Gasteiger partial charge in [-0.3, -0.25) is 9.98 Å². The van der Waals surface area contributed by atoms with E-state index in [1.165, 1.54) is 36.7 Å². The Bertz CT molecular complexity index is 1350. The van der Waals surface area contributed by atoms with Gasteiger partial charge in [0.1, 0.15) is 11.5 Å². The molecule has 8 nitrogen and oxygen atoms in total. The number of aromatic hydroxyl groups is 2. The zero-order valence-electron chi connectivity index (χ0n) is 22.3. The fourth-order valence-electron chi connectivity index (χ4n) is 3.86. The van der Waals surface area contributed by atoms with Gasteiger partial charge in [-0.25, -0.2) is 9.59 Å². The molecule has 8 heteroatoms. The van der Waals surface area contributed by atoms with E-state index in [0.29, 0.717) is 22.5 Å². The van der Waals surface area contributed by atoms with E-state index >= 15 is 0 Å². The van der Waals surface area contributed by atoms with Gasteiger partial charge < -0.3 is 20.4 Å². The minimum absolute atomic E-state index is 0.0314. The molecule has 0 aromatic heterocycles. The third-order valence-corrected chi connectivity index (χ3v) is 5.96. The minimum atomic E-state index is -1.12. The number of phenols is 2. The molecule has 0 spiro atoms. The SMILES string of the molecule is CC(C)(C)c1cc(C(=O)O)cc(C=Nc2ccccc2N=Cc2cc(C(=O)O)cc(C(C)(C)C)c2O)c1O. The Morgan fingerprint density at radius 3 is 1.29 bits per heavy atom. The van der Waals surface area contributed by atoms with Gasteiger partial charge in [0.15, 0.2) is 0 Å². The summed E-state index contributed by atoms with van der Waals surface area (Å²) >= 11 is 0. The summed E-state index contributed by atoms with van der Waals surface area (Å²) in [7, 11) is 0. The zero-order valence-corrected chi connectivity index (χ0v) is 22.3. The van der Waals surface area contributed by atoms with Crippen LogP contribution in [-0.2, 0) is 10.8 Å². The van der Waals surface area contributed by atoms with Crippen LogP contribution in [0.1, 0.15) is 84.5 Å². The number of carboxylic acids is 2. The molecule has 0 saturated carbocycles. The van der Waals surface area contributed by atoms with Gasteiger partial charge in [-0.2, -0.15) is 0 Å². The number of para-hydroxylation sites is 2. The van der Waals surface area contributed by atoms with Crippen LogP contribution in [0.4, 0.5) is 11.4 Å². The highest BCUT2D eigenvalue weighted by atomic mass is 16.4. The number of rotatable bonds is 6. The molecule has 0 atom stereocenters. The number of nitrogens with zero attached hydrogens (tertiary/aromatic N) is 2. The second kappa shape index (κ2) is 10.5. The third-order valence-electron chi connectivity index (χ3n) is 5.96.